The van der Waals surface area contributed by atoms with E-state index in [-0.39, 0.29) is 11.6 Å². The predicted molar refractivity (Wildman–Crippen MR) is 86.1 cm³/mol. The van der Waals surface area contributed by atoms with Crippen molar-refractivity contribution < 1.29 is 9.72 Å². The molecule has 0 radical (unpaired) electrons. The zero-order chi connectivity index (χ0) is 15.9. The lowest BCUT2D eigenvalue weighted by molar-refractivity contribution is -0.384. The minimum Gasteiger partial charge on any atom is -0.384 e. The molecule has 0 bridgehead atoms. The number of amides is 1. The number of nitrogens with zero attached hydrogens (tertiary/aromatic N) is 1. The van der Waals surface area contributed by atoms with Crippen molar-refractivity contribution in [3.63, 3.8) is 0 Å². The molecule has 0 spiro atoms. The van der Waals surface area contributed by atoms with E-state index in [0.29, 0.717) is 17.8 Å². The molecular weight excluding hydrogens is 282 g/mol. The van der Waals surface area contributed by atoms with Crippen molar-refractivity contribution in [1.29, 1.82) is 0 Å². The molecule has 0 saturated carbocycles. The molecule has 0 unspecified atom stereocenters. The van der Waals surface area contributed by atoms with E-state index in [1.165, 1.54) is 37.6 Å². The number of hydrogen-bond donors (Lipinski definition) is 2. The first-order chi connectivity index (χ1) is 10.6. The lowest BCUT2D eigenvalue weighted by atomic mass is 9.97. The van der Waals surface area contributed by atoms with Crippen LogP contribution in [0, 0.1) is 10.1 Å². The fourth-order valence-electron chi connectivity index (χ4n) is 2.61. The largest absolute Gasteiger partial charge is 0.384 e. The fourth-order valence-corrected chi connectivity index (χ4v) is 2.61. The Hall–Kier alpha value is -2.37. The van der Waals surface area contributed by atoms with Crippen LogP contribution >= 0.6 is 0 Å². The van der Waals surface area contributed by atoms with E-state index in [2.05, 4.69) is 16.7 Å². The van der Waals surface area contributed by atoms with Crippen molar-refractivity contribution in [2.24, 2.45) is 0 Å². The summed E-state index contributed by atoms with van der Waals surface area (Å²) in [7, 11) is 1.51. The minimum absolute atomic E-state index is 0.0841. The van der Waals surface area contributed by atoms with E-state index in [9.17, 15) is 14.9 Å². The van der Waals surface area contributed by atoms with Crippen molar-refractivity contribution in [3.8, 4) is 0 Å². The van der Waals surface area contributed by atoms with Crippen LogP contribution in [0.4, 0.5) is 11.4 Å². The molecule has 22 heavy (non-hydrogen) atoms. The van der Waals surface area contributed by atoms with Crippen molar-refractivity contribution in [2.45, 2.75) is 32.1 Å². The third-order valence-electron chi connectivity index (χ3n) is 3.83. The number of carbonyl (C=O) groups is 1. The van der Waals surface area contributed by atoms with Crippen LogP contribution in [-0.2, 0) is 0 Å². The number of allylic oxidation sites excluding steroid dienone is 1. The molecule has 118 valence electrons. The van der Waals surface area contributed by atoms with Gasteiger partial charge in [0.15, 0.2) is 0 Å². The van der Waals surface area contributed by atoms with Gasteiger partial charge in [0.05, 0.1) is 10.5 Å². The summed E-state index contributed by atoms with van der Waals surface area (Å²) in [6.07, 6.45) is 8.03. The monoisotopic (exact) mass is 303 g/mol. The zero-order valence-corrected chi connectivity index (χ0v) is 12.7. The lowest BCUT2D eigenvalue weighted by Crippen LogP contribution is -2.20. The molecule has 0 atom stereocenters. The molecule has 1 aromatic rings. The number of rotatable bonds is 6. The van der Waals surface area contributed by atoms with Gasteiger partial charge in [-0.2, -0.15) is 0 Å². The molecule has 2 N–H and O–H groups in total. The number of hydrogen-bond acceptors (Lipinski definition) is 4. The minimum atomic E-state index is -0.497. The van der Waals surface area contributed by atoms with Gasteiger partial charge in [-0.15, -0.1) is 0 Å². The van der Waals surface area contributed by atoms with Gasteiger partial charge in [-0.3, -0.25) is 14.9 Å². The Morgan fingerprint density at radius 1 is 1.36 bits per heavy atom. The molecule has 1 aliphatic carbocycles. The van der Waals surface area contributed by atoms with Crippen LogP contribution < -0.4 is 10.6 Å². The third kappa shape index (κ3) is 4.07. The predicted octanol–water partition coefficient (Wildman–Crippen LogP) is 3.26. The van der Waals surface area contributed by atoms with Gasteiger partial charge in [0.1, 0.15) is 0 Å². The average molecular weight is 303 g/mol. The van der Waals surface area contributed by atoms with Gasteiger partial charge in [-0.05, 0) is 38.2 Å². The van der Waals surface area contributed by atoms with Crippen LogP contribution in [-0.4, -0.2) is 24.4 Å². The van der Waals surface area contributed by atoms with Gasteiger partial charge in [-0.25, -0.2) is 0 Å². The fraction of sp³-hybridized carbons (Fsp3) is 0.438. The topological polar surface area (TPSA) is 84.3 Å². The quantitative estimate of drug-likeness (QED) is 0.480. The summed E-state index contributed by atoms with van der Waals surface area (Å²) < 4.78 is 0. The summed E-state index contributed by atoms with van der Waals surface area (Å²) in [5.74, 6) is -0.330. The maximum atomic E-state index is 11.9. The maximum Gasteiger partial charge on any atom is 0.270 e. The molecule has 0 fully saturated rings. The molecule has 1 aromatic carbocycles. The first-order valence-corrected chi connectivity index (χ1v) is 7.54. The number of nitro groups is 1. The number of non-ortho nitro benzene ring substituents is 1. The molecule has 0 aliphatic heterocycles. The number of benzene rings is 1. The number of nitro benzene ring substituents is 1. The van der Waals surface area contributed by atoms with Crippen LogP contribution in [0.1, 0.15) is 42.5 Å². The Morgan fingerprint density at radius 2 is 2.18 bits per heavy atom. The van der Waals surface area contributed by atoms with Gasteiger partial charge in [0.25, 0.3) is 11.6 Å². The summed E-state index contributed by atoms with van der Waals surface area (Å²) >= 11 is 0. The Kier molecular flexibility index (Phi) is 5.52. The zero-order valence-electron chi connectivity index (χ0n) is 12.7. The SMILES string of the molecule is CNC(=O)c1cc([N+](=O)[O-])ccc1NCCC1=CCCCC1. The van der Waals surface area contributed by atoms with Gasteiger partial charge in [-0.1, -0.05) is 11.6 Å². The smallest absolute Gasteiger partial charge is 0.270 e. The average Bonchev–Trinajstić information content (AvgIpc) is 2.55. The highest BCUT2D eigenvalue weighted by molar-refractivity contribution is 6.00. The summed E-state index contributed by atoms with van der Waals surface area (Å²) in [6.45, 7) is 0.716. The second-order valence-corrected chi connectivity index (χ2v) is 5.35. The van der Waals surface area contributed by atoms with E-state index in [1.54, 1.807) is 6.07 Å². The van der Waals surface area contributed by atoms with Gasteiger partial charge in [0, 0.05) is 31.4 Å². The highest BCUT2D eigenvalue weighted by Gasteiger charge is 2.15. The number of carbonyl (C=O) groups excluding carboxylic acids is 1. The van der Waals surface area contributed by atoms with Crippen molar-refractivity contribution in [3.05, 3.63) is 45.5 Å². The van der Waals surface area contributed by atoms with Crippen molar-refractivity contribution in [2.75, 3.05) is 18.9 Å². The van der Waals surface area contributed by atoms with Crippen LogP contribution in [0.2, 0.25) is 0 Å². The number of anilines is 1. The van der Waals surface area contributed by atoms with Crippen LogP contribution in [0.3, 0.4) is 0 Å². The van der Waals surface area contributed by atoms with Gasteiger partial charge >= 0.3 is 0 Å². The van der Waals surface area contributed by atoms with E-state index in [1.807, 2.05) is 0 Å². The van der Waals surface area contributed by atoms with E-state index >= 15 is 0 Å². The third-order valence-corrected chi connectivity index (χ3v) is 3.83. The first-order valence-electron chi connectivity index (χ1n) is 7.54. The highest BCUT2D eigenvalue weighted by atomic mass is 16.6. The summed E-state index contributed by atoms with van der Waals surface area (Å²) in [4.78, 5) is 22.2. The molecule has 1 aliphatic rings. The number of nitrogens with one attached hydrogen (secondary N) is 2. The normalized spacial score (nSPS) is 14.1. The molecule has 1 amide bonds. The Labute approximate surface area is 129 Å². The molecule has 2 rings (SSSR count). The van der Waals surface area contributed by atoms with Crippen molar-refractivity contribution >= 4 is 17.3 Å². The molecule has 0 aromatic heterocycles. The van der Waals surface area contributed by atoms with Crippen LogP contribution in [0.15, 0.2) is 29.8 Å². The maximum absolute atomic E-state index is 11.9. The summed E-state index contributed by atoms with van der Waals surface area (Å²) in [6, 6.07) is 4.31. The standard InChI is InChI=1S/C16H21N3O3/c1-17-16(20)14-11-13(19(21)22)7-8-15(14)18-10-9-12-5-3-2-4-6-12/h5,7-8,11,18H,2-4,6,9-10H2,1H3,(H,17,20). The Balaban J connectivity index is 2.07. The van der Waals surface area contributed by atoms with E-state index in [4.69, 9.17) is 0 Å². The Bertz CT molecular complexity index is 596. The van der Waals surface area contributed by atoms with Gasteiger partial charge < -0.3 is 10.6 Å². The van der Waals surface area contributed by atoms with Crippen LogP contribution in [0.25, 0.3) is 0 Å². The van der Waals surface area contributed by atoms with E-state index < -0.39 is 4.92 Å². The van der Waals surface area contributed by atoms with Gasteiger partial charge in [0.2, 0.25) is 0 Å². The van der Waals surface area contributed by atoms with Crippen molar-refractivity contribution in [1.82, 2.24) is 5.32 Å². The van der Waals surface area contributed by atoms with Crippen LogP contribution in [0.5, 0.6) is 0 Å². The molecule has 6 nitrogen and oxygen atoms in total. The molecular formula is C16H21N3O3. The lowest BCUT2D eigenvalue weighted by Gasteiger charge is -2.15. The molecule has 0 heterocycles. The summed E-state index contributed by atoms with van der Waals surface area (Å²) in [5.41, 5.74) is 2.29. The summed E-state index contributed by atoms with van der Waals surface area (Å²) in [5, 5.41) is 16.6. The Morgan fingerprint density at radius 3 is 2.82 bits per heavy atom. The second kappa shape index (κ2) is 7.59. The highest BCUT2D eigenvalue weighted by Crippen LogP contribution is 2.24. The first kappa shape index (κ1) is 16.0. The molecule has 0 saturated heterocycles. The van der Waals surface area contributed by atoms with E-state index in [0.717, 1.165) is 19.3 Å². The molecule has 6 heteroatoms. The second-order valence-electron chi connectivity index (χ2n) is 5.35.